The normalized spacial score (nSPS) is 16.0. The van der Waals surface area contributed by atoms with Gasteiger partial charge >= 0.3 is 0 Å². The van der Waals surface area contributed by atoms with Crippen molar-refractivity contribution >= 4 is 17.5 Å². The summed E-state index contributed by atoms with van der Waals surface area (Å²) in [4.78, 5) is 20.7. The van der Waals surface area contributed by atoms with Gasteiger partial charge in [0, 0.05) is 38.5 Å². The standard InChI is InChI=1S/C19H22ClN3O5/c1-25-6-7-27-17-8-13(2-4-21-17)10-22-18(24)14-9-16(20)19(23-11-14)28-15-3-5-26-12-15/h2,4,8-9,11,15H,3,5-7,10,12H2,1H3,(H,22,24). The van der Waals surface area contributed by atoms with Crippen LogP contribution in [0.3, 0.4) is 0 Å². The molecule has 3 rings (SSSR count). The molecular formula is C19H22ClN3O5. The lowest BCUT2D eigenvalue weighted by Gasteiger charge is -2.13. The van der Waals surface area contributed by atoms with Crippen molar-refractivity contribution in [2.45, 2.75) is 19.1 Å². The van der Waals surface area contributed by atoms with E-state index in [0.29, 0.717) is 50.3 Å². The van der Waals surface area contributed by atoms with Gasteiger partial charge < -0.3 is 24.3 Å². The van der Waals surface area contributed by atoms with E-state index in [1.807, 2.05) is 0 Å². The summed E-state index contributed by atoms with van der Waals surface area (Å²) in [7, 11) is 1.60. The van der Waals surface area contributed by atoms with Crippen LogP contribution in [-0.4, -0.2) is 55.5 Å². The zero-order chi connectivity index (χ0) is 19.8. The first-order chi connectivity index (χ1) is 13.7. The van der Waals surface area contributed by atoms with Gasteiger partial charge in [-0.2, -0.15) is 0 Å². The van der Waals surface area contributed by atoms with Crippen LogP contribution in [0.15, 0.2) is 30.6 Å². The fourth-order valence-electron chi connectivity index (χ4n) is 2.55. The largest absolute Gasteiger partial charge is 0.475 e. The third-order valence-corrected chi connectivity index (χ3v) is 4.30. The van der Waals surface area contributed by atoms with Crippen molar-refractivity contribution in [3.05, 3.63) is 46.7 Å². The summed E-state index contributed by atoms with van der Waals surface area (Å²) < 4.78 is 21.4. The minimum Gasteiger partial charge on any atom is -0.475 e. The maximum Gasteiger partial charge on any atom is 0.253 e. The second kappa shape index (κ2) is 10.2. The second-order valence-electron chi connectivity index (χ2n) is 6.14. The molecule has 0 saturated carbocycles. The number of carbonyl (C=O) groups is 1. The molecule has 1 aliphatic rings. The Kier molecular flexibility index (Phi) is 7.41. The molecule has 8 nitrogen and oxygen atoms in total. The molecule has 0 bridgehead atoms. The number of ether oxygens (including phenoxy) is 4. The average Bonchev–Trinajstić information content (AvgIpc) is 3.21. The van der Waals surface area contributed by atoms with Gasteiger partial charge in [0.2, 0.25) is 11.8 Å². The molecule has 0 aliphatic carbocycles. The van der Waals surface area contributed by atoms with Crippen LogP contribution in [0, 0.1) is 0 Å². The summed E-state index contributed by atoms with van der Waals surface area (Å²) in [6, 6.07) is 5.11. The first kappa shape index (κ1) is 20.3. The number of nitrogens with zero attached hydrogens (tertiary/aromatic N) is 2. The van der Waals surface area contributed by atoms with Gasteiger partial charge in [-0.3, -0.25) is 4.79 Å². The number of carbonyl (C=O) groups excluding carboxylic acids is 1. The van der Waals surface area contributed by atoms with Crippen molar-refractivity contribution in [2.75, 3.05) is 33.5 Å². The van der Waals surface area contributed by atoms with Gasteiger partial charge in [-0.25, -0.2) is 9.97 Å². The van der Waals surface area contributed by atoms with Crippen LogP contribution in [-0.2, 0) is 16.0 Å². The number of hydrogen-bond donors (Lipinski definition) is 1. The van der Waals surface area contributed by atoms with Crippen molar-refractivity contribution in [2.24, 2.45) is 0 Å². The molecule has 28 heavy (non-hydrogen) atoms. The molecule has 2 aromatic heterocycles. The van der Waals surface area contributed by atoms with E-state index in [1.54, 1.807) is 31.5 Å². The number of methoxy groups -OCH3 is 1. The summed E-state index contributed by atoms with van der Waals surface area (Å²) in [5.41, 5.74) is 1.21. The van der Waals surface area contributed by atoms with Gasteiger partial charge in [-0.15, -0.1) is 0 Å². The molecule has 1 aliphatic heterocycles. The second-order valence-corrected chi connectivity index (χ2v) is 6.55. The SMILES string of the molecule is COCCOc1cc(CNC(=O)c2cnc(OC3CCOC3)c(Cl)c2)ccn1. The Morgan fingerprint density at radius 2 is 2.25 bits per heavy atom. The molecule has 1 N–H and O–H groups in total. The summed E-state index contributed by atoms with van der Waals surface area (Å²) in [6.45, 7) is 2.38. The molecule has 0 aromatic carbocycles. The highest BCUT2D eigenvalue weighted by molar-refractivity contribution is 6.32. The van der Waals surface area contributed by atoms with Crippen LogP contribution in [0.2, 0.25) is 5.02 Å². The van der Waals surface area contributed by atoms with Crippen LogP contribution >= 0.6 is 11.6 Å². The summed E-state index contributed by atoms with van der Waals surface area (Å²) in [5.74, 6) is 0.496. The Bertz CT molecular complexity index is 799. The number of halogens is 1. The molecule has 1 unspecified atom stereocenters. The number of rotatable bonds is 9. The molecular weight excluding hydrogens is 386 g/mol. The predicted molar refractivity (Wildman–Crippen MR) is 102 cm³/mol. The molecule has 150 valence electrons. The van der Waals surface area contributed by atoms with E-state index in [9.17, 15) is 4.79 Å². The van der Waals surface area contributed by atoms with Crippen molar-refractivity contribution in [1.82, 2.24) is 15.3 Å². The highest BCUT2D eigenvalue weighted by Gasteiger charge is 2.20. The van der Waals surface area contributed by atoms with E-state index in [4.69, 9.17) is 30.5 Å². The lowest BCUT2D eigenvalue weighted by Crippen LogP contribution is -2.23. The van der Waals surface area contributed by atoms with Gasteiger partial charge in [0.05, 0.1) is 25.4 Å². The Balaban J connectivity index is 1.54. The van der Waals surface area contributed by atoms with Crippen molar-refractivity contribution in [3.8, 4) is 11.8 Å². The summed E-state index contributed by atoms with van der Waals surface area (Å²) in [6.07, 6.45) is 3.80. The molecule has 0 radical (unpaired) electrons. The molecule has 1 amide bonds. The first-order valence-corrected chi connectivity index (χ1v) is 9.28. The lowest BCUT2D eigenvalue weighted by atomic mass is 10.2. The number of hydrogen-bond acceptors (Lipinski definition) is 7. The molecule has 1 fully saturated rings. The van der Waals surface area contributed by atoms with Crippen LogP contribution in [0.1, 0.15) is 22.3 Å². The number of nitrogens with one attached hydrogen (secondary N) is 1. The van der Waals surface area contributed by atoms with E-state index in [0.717, 1.165) is 12.0 Å². The lowest BCUT2D eigenvalue weighted by molar-refractivity contribution is 0.0950. The van der Waals surface area contributed by atoms with E-state index in [1.165, 1.54) is 6.20 Å². The molecule has 1 atom stereocenters. The zero-order valence-corrected chi connectivity index (χ0v) is 16.3. The smallest absolute Gasteiger partial charge is 0.253 e. The highest BCUT2D eigenvalue weighted by Crippen LogP contribution is 2.25. The van der Waals surface area contributed by atoms with Gasteiger partial charge in [0.15, 0.2) is 0 Å². The van der Waals surface area contributed by atoms with Gasteiger partial charge in [-0.05, 0) is 17.7 Å². The van der Waals surface area contributed by atoms with Gasteiger partial charge in [0.25, 0.3) is 5.91 Å². The maximum absolute atomic E-state index is 12.4. The predicted octanol–water partition coefficient (Wildman–Crippen LogP) is 2.25. The Hall–Kier alpha value is -2.42. The van der Waals surface area contributed by atoms with Crippen molar-refractivity contribution in [3.63, 3.8) is 0 Å². The first-order valence-electron chi connectivity index (χ1n) is 8.90. The topological polar surface area (TPSA) is 91.8 Å². The third-order valence-electron chi connectivity index (χ3n) is 4.03. The Labute approximate surface area is 168 Å². The minimum atomic E-state index is -0.288. The summed E-state index contributed by atoms with van der Waals surface area (Å²) in [5, 5.41) is 3.11. The number of amides is 1. The third kappa shape index (κ3) is 5.79. The fraction of sp³-hybridized carbons (Fsp3) is 0.421. The molecule has 2 aromatic rings. The van der Waals surface area contributed by atoms with Crippen LogP contribution in [0.25, 0.3) is 0 Å². The number of pyridine rings is 2. The highest BCUT2D eigenvalue weighted by atomic mass is 35.5. The Morgan fingerprint density at radius 3 is 3.00 bits per heavy atom. The molecule has 3 heterocycles. The van der Waals surface area contributed by atoms with Crippen LogP contribution in [0.5, 0.6) is 11.8 Å². The Morgan fingerprint density at radius 1 is 1.36 bits per heavy atom. The maximum atomic E-state index is 12.4. The quantitative estimate of drug-likeness (QED) is 0.637. The van der Waals surface area contributed by atoms with Crippen LogP contribution in [0.4, 0.5) is 0 Å². The van der Waals surface area contributed by atoms with E-state index >= 15 is 0 Å². The molecule has 9 heteroatoms. The van der Waals surface area contributed by atoms with Crippen molar-refractivity contribution < 1.29 is 23.7 Å². The van der Waals surface area contributed by atoms with Gasteiger partial charge in [0.1, 0.15) is 17.7 Å². The minimum absolute atomic E-state index is 0.0586. The molecule has 1 saturated heterocycles. The monoisotopic (exact) mass is 407 g/mol. The fourth-order valence-corrected chi connectivity index (χ4v) is 2.76. The van der Waals surface area contributed by atoms with E-state index in [2.05, 4.69) is 15.3 Å². The molecule has 0 spiro atoms. The van der Waals surface area contributed by atoms with E-state index in [-0.39, 0.29) is 17.0 Å². The zero-order valence-electron chi connectivity index (χ0n) is 15.5. The summed E-state index contributed by atoms with van der Waals surface area (Å²) >= 11 is 6.21. The van der Waals surface area contributed by atoms with E-state index < -0.39 is 0 Å². The van der Waals surface area contributed by atoms with Crippen molar-refractivity contribution in [1.29, 1.82) is 0 Å². The average molecular weight is 408 g/mol. The van der Waals surface area contributed by atoms with Crippen LogP contribution < -0.4 is 14.8 Å². The number of aromatic nitrogens is 2. The van der Waals surface area contributed by atoms with Gasteiger partial charge in [-0.1, -0.05) is 11.6 Å².